The Kier molecular flexibility index (Phi) is 2.25. The number of carboxylic acid groups (broad SMARTS) is 1. The Morgan fingerprint density at radius 2 is 2.50 bits per heavy atom. The van der Waals surface area contributed by atoms with Crippen LogP contribution in [-0.2, 0) is 9.53 Å². The second-order valence-electron chi connectivity index (χ2n) is 3.41. The molecule has 0 spiro atoms. The number of hydrogen-bond acceptors (Lipinski definition) is 3. The van der Waals surface area contributed by atoms with E-state index in [0.717, 1.165) is 12.8 Å². The van der Waals surface area contributed by atoms with Gasteiger partial charge in [-0.25, -0.2) is 9.78 Å². The molecule has 0 saturated heterocycles. The van der Waals surface area contributed by atoms with Crippen LogP contribution in [0, 0.1) is 0 Å². The van der Waals surface area contributed by atoms with Crippen molar-refractivity contribution in [1.82, 2.24) is 9.55 Å². The number of imidazole rings is 1. The van der Waals surface area contributed by atoms with E-state index in [1.165, 1.54) is 7.11 Å². The number of carboxylic acids is 1. The van der Waals surface area contributed by atoms with Crippen molar-refractivity contribution in [2.45, 2.75) is 25.0 Å². The monoisotopic (exact) mass is 196 g/mol. The van der Waals surface area contributed by atoms with Crippen LogP contribution in [-0.4, -0.2) is 27.7 Å². The maximum atomic E-state index is 10.9. The average molecular weight is 196 g/mol. The van der Waals surface area contributed by atoms with Crippen molar-refractivity contribution in [3.8, 4) is 0 Å². The summed E-state index contributed by atoms with van der Waals surface area (Å²) in [7, 11) is 1.39. The van der Waals surface area contributed by atoms with E-state index in [9.17, 15) is 4.79 Å². The topological polar surface area (TPSA) is 64.3 Å². The molecule has 1 aliphatic rings. The van der Waals surface area contributed by atoms with Crippen LogP contribution in [0.25, 0.3) is 0 Å². The SMILES string of the molecule is COC(C(=O)O)c1cncn1C1CC1. The van der Waals surface area contributed by atoms with Crippen molar-refractivity contribution in [3.63, 3.8) is 0 Å². The predicted molar refractivity (Wildman–Crippen MR) is 47.9 cm³/mol. The van der Waals surface area contributed by atoms with E-state index in [-0.39, 0.29) is 0 Å². The molecule has 1 heterocycles. The van der Waals surface area contributed by atoms with E-state index in [1.807, 2.05) is 4.57 Å². The van der Waals surface area contributed by atoms with Crippen LogP contribution in [0.3, 0.4) is 0 Å². The van der Waals surface area contributed by atoms with E-state index >= 15 is 0 Å². The van der Waals surface area contributed by atoms with Crippen LogP contribution < -0.4 is 0 Å². The zero-order chi connectivity index (χ0) is 10.1. The first kappa shape index (κ1) is 9.21. The summed E-state index contributed by atoms with van der Waals surface area (Å²) in [5.41, 5.74) is 0.627. The standard InChI is InChI=1S/C9H12N2O3/c1-14-8(9(12)13)7-4-10-5-11(7)6-2-3-6/h4-6,8H,2-3H2,1H3,(H,12,13). The van der Waals surface area contributed by atoms with Gasteiger partial charge in [0.2, 0.25) is 0 Å². The van der Waals surface area contributed by atoms with Gasteiger partial charge in [-0.15, -0.1) is 0 Å². The van der Waals surface area contributed by atoms with Gasteiger partial charge in [-0.2, -0.15) is 0 Å². The van der Waals surface area contributed by atoms with Gasteiger partial charge in [0.1, 0.15) is 0 Å². The highest BCUT2D eigenvalue weighted by Gasteiger charge is 2.30. The molecule has 0 bridgehead atoms. The van der Waals surface area contributed by atoms with Gasteiger partial charge in [0, 0.05) is 13.2 Å². The molecular weight excluding hydrogens is 184 g/mol. The number of aliphatic carboxylic acids is 1. The highest BCUT2D eigenvalue weighted by atomic mass is 16.5. The fraction of sp³-hybridized carbons (Fsp3) is 0.556. The lowest BCUT2D eigenvalue weighted by atomic mass is 10.2. The first-order valence-corrected chi connectivity index (χ1v) is 4.51. The van der Waals surface area contributed by atoms with Gasteiger partial charge in [0.05, 0.1) is 18.2 Å². The quantitative estimate of drug-likeness (QED) is 0.779. The molecule has 1 aliphatic carbocycles. The normalized spacial score (nSPS) is 18.1. The molecule has 0 radical (unpaired) electrons. The maximum absolute atomic E-state index is 10.9. The lowest BCUT2D eigenvalue weighted by molar-refractivity contribution is -0.149. The maximum Gasteiger partial charge on any atom is 0.339 e. The van der Waals surface area contributed by atoms with Crippen molar-refractivity contribution < 1.29 is 14.6 Å². The molecular formula is C9H12N2O3. The summed E-state index contributed by atoms with van der Waals surface area (Å²) in [4.78, 5) is 14.8. The molecule has 1 unspecified atom stereocenters. The van der Waals surface area contributed by atoms with Gasteiger partial charge >= 0.3 is 5.97 Å². The molecule has 2 rings (SSSR count). The van der Waals surface area contributed by atoms with Gasteiger partial charge in [-0.05, 0) is 12.8 Å². The summed E-state index contributed by atoms with van der Waals surface area (Å²) < 4.78 is 6.81. The fourth-order valence-corrected chi connectivity index (χ4v) is 1.52. The molecule has 5 heteroatoms. The van der Waals surface area contributed by atoms with Crippen LogP contribution in [0.5, 0.6) is 0 Å². The first-order valence-electron chi connectivity index (χ1n) is 4.51. The van der Waals surface area contributed by atoms with Crippen LogP contribution in [0.1, 0.15) is 30.7 Å². The third-order valence-electron chi connectivity index (χ3n) is 2.36. The zero-order valence-corrected chi connectivity index (χ0v) is 7.88. The summed E-state index contributed by atoms with van der Waals surface area (Å²) in [5, 5.41) is 8.91. The van der Waals surface area contributed by atoms with Gasteiger partial charge in [-0.1, -0.05) is 0 Å². The van der Waals surface area contributed by atoms with E-state index in [0.29, 0.717) is 11.7 Å². The fourth-order valence-electron chi connectivity index (χ4n) is 1.52. The van der Waals surface area contributed by atoms with E-state index in [1.54, 1.807) is 12.5 Å². The Bertz CT molecular complexity index is 344. The molecule has 1 atom stereocenters. The largest absolute Gasteiger partial charge is 0.479 e. The summed E-state index contributed by atoms with van der Waals surface area (Å²) in [6.07, 6.45) is 4.51. The van der Waals surface area contributed by atoms with Gasteiger partial charge in [0.25, 0.3) is 0 Å². The Hall–Kier alpha value is -1.36. The second kappa shape index (κ2) is 3.42. The van der Waals surface area contributed by atoms with Crippen molar-refractivity contribution in [1.29, 1.82) is 0 Å². The summed E-state index contributed by atoms with van der Waals surface area (Å²) in [6, 6.07) is 0.421. The Morgan fingerprint density at radius 3 is 3.00 bits per heavy atom. The molecule has 0 aromatic carbocycles. The molecule has 1 fully saturated rings. The lowest BCUT2D eigenvalue weighted by Crippen LogP contribution is -2.17. The van der Waals surface area contributed by atoms with E-state index < -0.39 is 12.1 Å². The van der Waals surface area contributed by atoms with Gasteiger partial charge < -0.3 is 14.4 Å². The minimum absolute atomic E-state index is 0.421. The highest BCUT2D eigenvalue weighted by molar-refractivity contribution is 5.73. The Balaban J connectivity index is 2.28. The molecule has 5 nitrogen and oxygen atoms in total. The number of aromatic nitrogens is 2. The summed E-state index contributed by atoms with van der Waals surface area (Å²) in [6.45, 7) is 0. The third-order valence-corrected chi connectivity index (χ3v) is 2.36. The van der Waals surface area contributed by atoms with Crippen LogP contribution >= 0.6 is 0 Å². The minimum Gasteiger partial charge on any atom is -0.479 e. The summed E-state index contributed by atoms with van der Waals surface area (Å²) in [5.74, 6) is -0.977. The van der Waals surface area contributed by atoms with E-state index in [2.05, 4.69) is 4.98 Å². The predicted octanol–water partition coefficient (Wildman–Crippen LogP) is 0.990. The first-order chi connectivity index (χ1) is 6.74. The van der Waals surface area contributed by atoms with Crippen molar-refractivity contribution in [2.24, 2.45) is 0 Å². The average Bonchev–Trinajstić information content (AvgIpc) is 2.88. The van der Waals surface area contributed by atoms with E-state index in [4.69, 9.17) is 9.84 Å². The molecule has 76 valence electrons. The molecule has 0 amide bonds. The number of nitrogens with zero attached hydrogens (tertiary/aromatic N) is 2. The van der Waals surface area contributed by atoms with Gasteiger partial charge in [-0.3, -0.25) is 0 Å². The molecule has 1 aromatic heterocycles. The summed E-state index contributed by atoms with van der Waals surface area (Å²) >= 11 is 0. The van der Waals surface area contributed by atoms with Crippen LogP contribution in [0.2, 0.25) is 0 Å². The molecule has 0 aliphatic heterocycles. The molecule has 1 N–H and O–H groups in total. The number of hydrogen-bond donors (Lipinski definition) is 1. The zero-order valence-electron chi connectivity index (χ0n) is 7.88. The molecule has 1 aromatic rings. The van der Waals surface area contributed by atoms with Gasteiger partial charge in [0.15, 0.2) is 6.10 Å². The minimum atomic E-state index is -0.977. The Morgan fingerprint density at radius 1 is 1.79 bits per heavy atom. The van der Waals surface area contributed by atoms with Crippen molar-refractivity contribution in [2.75, 3.05) is 7.11 Å². The number of carbonyl (C=O) groups is 1. The number of ether oxygens (including phenoxy) is 1. The molecule has 1 saturated carbocycles. The molecule has 14 heavy (non-hydrogen) atoms. The number of rotatable bonds is 4. The third kappa shape index (κ3) is 1.50. The number of methoxy groups -OCH3 is 1. The smallest absolute Gasteiger partial charge is 0.339 e. The Labute approximate surface area is 81.3 Å². The van der Waals surface area contributed by atoms with Crippen molar-refractivity contribution >= 4 is 5.97 Å². The highest BCUT2D eigenvalue weighted by Crippen LogP contribution is 2.37. The van der Waals surface area contributed by atoms with Crippen LogP contribution in [0.15, 0.2) is 12.5 Å². The lowest BCUT2D eigenvalue weighted by Gasteiger charge is -2.12. The second-order valence-corrected chi connectivity index (χ2v) is 3.41. The van der Waals surface area contributed by atoms with Crippen LogP contribution in [0.4, 0.5) is 0 Å². The van der Waals surface area contributed by atoms with Crippen molar-refractivity contribution in [3.05, 3.63) is 18.2 Å².